The molecule has 8 nitrogen and oxygen atoms in total. The highest BCUT2D eigenvalue weighted by atomic mass is 32.1. The maximum atomic E-state index is 12.1. The molecule has 142 valence electrons. The number of ether oxygens (including phenoxy) is 3. The third-order valence-electron chi connectivity index (χ3n) is 3.16. The number of rotatable bonds is 9. The zero-order valence-electron chi connectivity index (χ0n) is 15.0. The monoisotopic (exact) mass is 389 g/mol. The Bertz CT molecular complexity index is 844. The van der Waals surface area contributed by atoms with Gasteiger partial charge in [0, 0.05) is 11.4 Å². The van der Waals surface area contributed by atoms with E-state index in [1.54, 1.807) is 30.5 Å². The topological polar surface area (TPSA) is 111 Å². The number of esters is 1. The standard InChI is InChI=1S/C18H19N3O5S/c1-3-24-15-7-12(9-19)5-6-14(15)26-10-16(22)21-18-20-13(11-27-18)8-17(23)25-4-2/h5-7,11H,3-4,8,10H2,1-2H3,(H,20,21,22). The van der Waals surface area contributed by atoms with E-state index in [-0.39, 0.29) is 19.0 Å². The number of benzene rings is 1. The normalized spacial score (nSPS) is 9.96. The Balaban J connectivity index is 1.90. The van der Waals surface area contributed by atoms with E-state index in [4.69, 9.17) is 19.5 Å². The first-order valence-electron chi connectivity index (χ1n) is 8.25. The van der Waals surface area contributed by atoms with Crippen molar-refractivity contribution in [3.63, 3.8) is 0 Å². The maximum absolute atomic E-state index is 12.1. The molecule has 0 radical (unpaired) electrons. The Morgan fingerprint density at radius 3 is 2.74 bits per heavy atom. The molecule has 2 aromatic rings. The smallest absolute Gasteiger partial charge is 0.311 e. The van der Waals surface area contributed by atoms with Crippen LogP contribution in [-0.2, 0) is 20.7 Å². The van der Waals surface area contributed by atoms with Crippen molar-refractivity contribution in [3.8, 4) is 17.6 Å². The van der Waals surface area contributed by atoms with Crippen molar-refractivity contribution >= 4 is 28.3 Å². The Labute approximate surface area is 160 Å². The molecule has 0 spiro atoms. The molecule has 0 aliphatic rings. The molecule has 0 saturated carbocycles. The van der Waals surface area contributed by atoms with Crippen LogP contribution in [0.1, 0.15) is 25.1 Å². The fourth-order valence-electron chi connectivity index (χ4n) is 2.07. The average Bonchev–Trinajstić information content (AvgIpc) is 3.07. The number of carbonyl (C=O) groups excluding carboxylic acids is 2. The number of hydrogen-bond acceptors (Lipinski definition) is 8. The van der Waals surface area contributed by atoms with E-state index in [1.165, 1.54) is 11.3 Å². The van der Waals surface area contributed by atoms with Gasteiger partial charge in [0.1, 0.15) is 0 Å². The van der Waals surface area contributed by atoms with Crippen LogP contribution in [0.5, 0.6) is 11.5 Å². The Morgan fingerprint density at radius 1 is 1.22 bits per heavy atom. The van der Waals surface area contributed by atoms with Crippen molar-refractivity contribution in [1.29, 1.82) is 5.26 Å². The van der Waals surface area contributed by atoms with Crippen molar-refractivity contribution in [2.24, 2.45) is 0 Å². The molecule has 0 atom stereocenters. The summed E-state index contributed by atoms with van der Waals surface area (Å²) < 4.78 is 15.8. The molecule has 9 heteroatoms. The zero-order valence-corrected chi connectivity index (χ0v) is 15.8. The lowest BCUT2D eigenvalue weighted by Crippen LogP contribution is -2.20. The molecule has 0 unspecified atom stereocenters. The first-order chi connectivity index (χ1) is 13.0. The number of thiazole rings is 1. The first kappa shape index (κ1) is 20.2. The largest absolute Gasteiger partial charge is 0.490 e. The van der Waals surface area contributed by atoms with E-state index in [1.807, 2.05) is 13.0 Å². The molecule has 1 amide bonds. The van der Waals surface area contributed by atoms with Gasteiger partial charge in [0.15, 0.2) is 23.2 Å². The number of amides is 1. The van der Waals surface area contributed by atoms with Gasteiger partial charge in [-0.25, -0.2) is 4.98 Å². The minimum Gasteiger partial charge on any atom is -0.490 e. The molecule has 0 bridgehead atoms. The van der Waals surface area contributed by atoms with E-state index in [0.29, 0.717) is 41.1 Å². The van der Waals surface area contributed by atoms with Crippen LogP contribution >= 0.6 is 11.3 Å². The molecule has 1 aromatic carbocycles. The van der Waals surface area contributed by atoms with E-state index in [9.17, 15) is 9.59 Å². The fourth-order valence-corrected chi connectivity index (χ4v) is 2.80. The highest BCUT2D eigenvalue weighted by Crippen LogP contribution is 2.28. The molecule has 2 rings (SSSR count). The van der Waals surface area contributed by atoms with Gasteiger partial charge >= 0.3 is 5.97 Å². The van der Waals surface area contributed by atoms with Crippen LogP contribution in [0.2, 0.25) is 0 Å². The highest BCUT2D eigenvalue weighted by Gasteiger charge is 2.12. The predicted molar refractivity (Wildman–Crippen MR) is 98.9 cm³/mol. The van der Waals surface area contributed by atoms with Crippen LogP contribution in [0.3, 0.4) is 0 Å². The summed E-state index contributed by atoms with van der Waals surface area (Å²) in [6.45, 7) is 4.00. The Kier molecular flexibility index (Phi) is 7.58. The minimum absolute atomic E-state index is 0.0552. The van der Waals surface area contributed by atoms with Gasteiger partial charge in [-0.1, -0.05) is 0 Å². The molecule has 1 heterocycles. The van der Waals surface area contributed by atoms with Crippen LogP contribution in [-0.4, -0.2) is 36.7 Å². The summed E-state index contributed by atoms with van der Waals surface area (Å²) in [5.74, 6) is -0.00409. The third kappa shape index (κ3) is 6.27. The molecule has 0 saturated heterocycles. The van der Waals surface area contributed by atoms with E-state index < -0.39 is 5.91 Å². The molecule has 1 N–H and O–H groups in total. The number of nitrogens with one attached hydrogen (secondary N) is 1. The summed E-state index contributed by atoms with van der Waals surface area (Å²) in [6.07, 6.45) is 0.0552. The fraction of sp³-hybridized carbons (Fsp3) is 0.333. The van der Waals surface area contributed by atoms with Crippen LogP contribution in [0.4, 0.5) is 5.13 Å². The molecule has 27 heavy (non-hydrogen) atoms. The third-order valence-corrected chi connectivity index (χ3v) is 3.97. The van der Waals surface area contributed by atoms with Gasteiger partial charge in [-0.2, -0.15) is 5.26 Å². The van der Waals surface area contributed by atoms with Crippen LogP contribution in [0, 0.1) is 11.3 Å². The first-order valence-corrected chi connectivity index (χ1v) is 9.13. The SMILES string of the molecule is CCOC(=O)Cc1csc(NC(=O)COc2ccc(C#N)cc2OCC)n1. The Morgan fingerprint density at radius 2 is 2.04 bits per heavy atom. The predicted octanol–water partition coefficient (Wildman–Crippen LogP) is 2.54. The van der Waals surface area contributed by atoms with Gasteiger partial charge in [0.25, 0.3) is 5.91 Å². The van der Waals surface area contributed by atoms with Crippen LogP contribution in [0.15, 0.2) is 23.6 Å². The number of aromatic nitrogens is 1. The Hall–Kier alpha value is -3.12. The summed E-state index contributed by atoms with van der Waals surface area (Å²) in [5.41, 5.74) is 0.965. The molecule has 1 aromatic heterocycles. The van der Waals surface area contributed by atoms with Crippen LogP contribution in [0.25, 0.3) is 0 Å². The maximum Gasteiger partial charge on any atom is 0.311 e. The second-order valence-corrected chi connectivity index (χ2v) is 6.03. The summed E-state index contributed by atoms with van der Waals surface area (Å²) in [5, 5.41) is 13.6. The van der Waals surface area contributed by atoms with E-state index >= 15 is 0 Å². The lowest BCUT2D eigenvalue weighted by molar-refractivity contribution is -0.142. The number of nitriles is 1. The number of carbonyl (C=O) groups is 2. The average molecular weight is 389 g/mol. The number of anilines is 1. The second-order valence-electron chi connectivity index (χ2n) is 5.17. The van der Waals surface area contributed by atoms with Crippen molar-refractivity contribution in [2.75, 3.05) is 25.1 Å². The van der Waals surface area contributed by atoms with Gasteiger partial charge in [0.05, 0.1) is 37.0 Å². The molecule has 0 fully saturated rings. The van der Waals surface area contributed by atoms with Crippen LogP contribution < -0.4 is 14.8 Å². The lowest BCUT2D eigenvalue weighted by Gasteiger charge is -2.11. The minimum atomic E-state index is -0.404. The summed E-state index contributed by atoms with van der Waals surface area (Å²) in [4.78, 5) is 27.7. The van der Waals surface area contributed by atoms with Gasteiger partial charge < -0.3 is 14.2 Å². The zero-order chi connectivity index (χ0) is 19.6. The van der Waals surface area contributed by atoms with Gasteiger partial charge in [-0.3, -0.25) is 14.9 Å². The summed E-state index contributed by atoms with van der Waals surface area (Å²) in [7, 11) is 0. The summed E-state index contributed by atoms with van der Waals surface area (Å²) >= 11 is 1.21. The lowest BCUT2D eigenvalue weighted by atomic mass is 10.2. The molecular formula is C18H19N3O5S. The summed E-state index contributed by atoms with van der Waals surface area (Å²) in [6, 6.07) is 6.74. The van der Waals surface area contributed by atoms with Gasteiger partial charge in [0.2, 0.25) is 0 Å². The van der Waals surface area contributed by atoms with E-state index in [0.717, 1.165) is 0 Å². The van der Waals surface area contributed by atoms with Gasteiger partial charge in [-0.05, 0) is 26.0 Å². The van der Waals surface area contributed by atoms with Crippen molar-refractivity contribution < 1.29 is 23.8 Å². The second kappa shape index (κ2) is 10.1. The van der Waals surface area contributed by atoms with Crippen molar-refractivity contribution in [2.45, 2.75) is 20.3 Å². The van der Waals surface area contributed by atoms with Crippen molar-refractivity contribution in [1.82, 2.24) is 4.98 Å². The van der Waals surface area contributed by atoms with E-state index in [2.05, 4.69) is 10.3 Å². The van der Waals surface area contributed by atoms with Gasteiger partial charge in [-0.15, -0.1) is 11.3 Å². The molecule has 0 aliphatic heterocycles. The highest BCUT2D eigenvalue weighted by molar-refractivity contribution is 7.13. The molecular weight excluding hydrogens is 370 g/mol. The molecule has 0 aliphatic carbocycles. The quantitative estimate of drug-likeness (QED) is 0.656. The van der Waals surface area contributed by atoms with Crippen molar-refractivity contribution in [3.05, 3.63) is 34.8 Å². The number of hydrogen-bond donors (Lipinski definition) is 1. The number of nitrogens with zero attached hydrogens (tertiary/aromatic N) is 2.